The van der Waals surface area contributed by atoms with E-state index in [2.05, 4.69) is 27.1 Å². The summed E-state index contributed by atoms with van der Waals surface area (Å²) < 4.78 is 49.0. The minimum Gasteiger partial charge on any atom is -0.494 e. The molecule has 4 heterocycles. The van der Waals surface area contributed by atoms with E-state index in [-0.39, 0.29) is 35.8 Å². The van der Waals surface area contributed by atoms with E-state index in [4.69, 9.17) is 21.3 Å². The lowest BCUT2D eigenvalue weighted by Gasteiger charge is -2.40. The molecular formula is C42H45ClF3N7O5S. The molecule has 1 unspecified atom stereocenters. The quantitative estimate of drug-likeness (QED) is 0.147. The monoisotopic (exact) mass is 851 g/mol. The molecule has 1 saturated heterocycles. The average Bonchev–Trinajstić information content (AvgIpc) is 3.75. The van der Waals surface area contributed by atoms with Crippen LogP contribution in [0.3, 0.4) is 0 Å². The number of anilines is 2. The molecule has 1 atom stereocenters. The van der Waals surface area contributed by atoms with Gasteiger partial charge in [0.25, 0.3) is 5.91 Å². The molecular weight excluding hydrogens is 807 g/mol. The standard InChI is InChI=1S/C42H45ClF3N7O5S/c1-50(25-15-17-52(18-16-25)32-14-12-27(43)37-38(32)51(2)41(57)53(37)31-13-11-26(54)19-33(31)55)22-23-7-9-24(10-8-23)40-49-30-20-34(58-3)29(21-35(30)59-40)48-39(56)28-5-4-6-36(47-28)42(44,45)46/h4-6,12,14,20-21,23-25,31H,7-11,13,15-19,22H2,1-3H3,(H,48,56). The van der Waals surface area contributed by atoms with Crippen molar-refractivity contribution >= 4 is 73.0 Å². The molecule has 17 heteroatoms. The van der Waals surface area contributed by atoms with Crippen molar-refractivity contribution in [2.75, 3.05) is 44.0 Å². The molecule has 2 saturated carbocycles. The van der Waals surface area contributed by atoms with Crippen LogP contribution in [0.25, 0.3) is 21.3 Å². The fourth-order valence-electron chi connectivity index (χ4n) is 9.15. The van der Waals surface area contributed by atoms with E-state index in [1.165, 1.54) is 17.7 Å². The zero-order valence-electron chi connectivity index (χ0n) is 33.0. The Balaban J connectivity index is 0.874. The maximum Gasteiger partial charge on any atom is 0.433 e. The Hall–Kier alpha value is -4.80. The smallest absolute Gasteiger partial charge is 0.433 e. The number of rotatable bonds is 9. The van der Waals surface area contributed by atoms with E-state index in [0.717, 1.165) is 91.2 Å². The van der Waals surface area contributed by atoms with Gasteiger partial charge in [-0.05, 0) is 88.2 Å². The van der Waals surface area contributed by atoms with Crippen LogP contribution in [-0.4, -0.2) is 81.3 Å². The van der Waals surface area contributed by atoms with Crippen molar-refractivity contribution in [1.82, 2.24) is 24.0 Å². The first-order valence-electron chi connectivity index (χ1n) is 19.9. The Morgan fingerprint density at radius 2 is 1.75 bits per heavy atom. The number of benzene rings is 2. The summed E-state index contributed by atoms with van der Waals surface area (Å²) in [5, 5.41) is 4.10. The van der Waals surface area contributed by atoms with Crippen LogP contribution in [0.1, 0.15) is 90.9 Å². The number of hydrogen-bond donors (Lipinski definition) is 1. The van der Waals surface area contributed by atoms with Gasteiger partial charge in [-0.3, -0.25) is 23.5 Å². The molecule has 0 spiro atoms. The van der Waals surface area contributed by atoms with E-state index in [1.54, 1.807) is 41.2 Å². The number of ketones is 2. The maximum absolute atomic E-state index is 13.6. The van der Waals surface area contributed by atoms with Gasteiger partial charge in [0.2, 0.25) is 0 Å². The highest BCUT2D eigenvalue weighted by molar-refractivity contribution is 7.18. The molecule has 59 heavy (non-hydrogen) atoms. The fourth-order valence-corrected chi connectivity index (χ4v) is 10.5. The first kappa shape index (κ1) is 41.0. The van der Waals surface area contributed by atoms with Crippen LogP contribution in [0.5, 0.6) is 5.75 Å². The SMILES string of the molecule is COc1cc2nc(C3CCC(CN(C)C4CCN(c5ccc(Cl)c6c5n(C)c(=O)n6C5CCC(=O)CC5=O)CC4)CC3)sc2cc1NC(=O)c1cccc(C(F)(F)F)n1. The number of halogens is 4. The zero-order valence-corrected chi connectivity index (χ0v) is 34.6. The number of carbonyl (C=O) groups is 3. The van der Waals surface area contributed by atoms with Crippen LogP contribution in [0, 0.1) is 5.92 Å². The van der Waals surface area contributed by atoms with Crippen LogP contribution in [-0.2, 0) is 22.8 Å². The number of nitrogens with one attached hydrogen (secondary N) is 1. The second-order valence-corrected chi connectivity index (χ2v) is 17.5. The number of fused-ring (bicyclic) bond motifs is 2. The number of Topliss-reactive ketones (excluding diaryl/α,β-unsaturated/α-hetero) is 2. The number of aromatic nitrogens is 4. The number of imidazole rings is 1. The predicted molar refractivity (Wildman–Crippen MR) is 221 cm³/mol. The van der Waals surface area contributed by atoms with Crippen molar-refractivity contribution in [3.63, 3.8) is 0 Å². The van der Waals surface area contributed by atoms with Crippen LogP contribution >= 0.6 is 22.9 Å². The van der Waals surface area contributed by atoms with Crippen LogP contribution < -0.4 is 20.6 Å². The molecule has 12 nitrogen and oxygen atoms in total. The summed E-state index contributed by atoms with van der Waals surface area (Å²) in [4.78, 5) is 64.6. The summed E-state index contributed by atoms with van der Waals surface area (Å²) in [5.41, 5.74) is 1.45. The lowest BCUT2D eigenvalue weighted by atomic mass is 9.82. The van der Waals surface area contributed by atoms with Crippen molar-refractivity contribution in [1.29, 1.82) is 0 Å². The lowest BCUT2D eigenvalue weighted by Crippen LogP contribution is -2.45. The van der Waals surface area contributed by atoms with E-state index >= 15 is 0 Å². The van der Waals surface area contributed by atoms with Gasteiger partial charge >= 0.3 is 11.9 Å². The van der Waals surface area contributed by atoms with E-state index in [0.29, 0.717) is 51.8 Å². The normalized spacial score (nSPS) is 20.9. The Kier molecular flexibility index (Phi) is 11.3. The number of pyridine rings is 1. The molecule has 3 fully saturated rings. The maximum atomic E-state index is 13.6. The second-order valence-electron chi connectivity index (χ2n) is 16.0. The number of nitrogens with zero attached hydrogens (tertiary/aromatic N) is 6. The number of carbonyl (C=O) groups excluding carboxylic acids is 3. The van der Waals surface area contributed by atoms with Crippen molar-refractivity contribution in [2.24, 2.45) is 13.0 Å². The minimum absolute atomic E-state index is 0.0945. The zero-order chi connectivity index (χ0) is 41.7. The summed E-state index contributed by atoms with van der Waals surface area (Å²) in [5.74, 6) is 0.0964. The predicted octanol–water partition coefficient (Wildman–Crippen LogP) is 8.02. The van der Waals surface area contributed by atoms with E-state index in [9.17, 15) is 32.3 Å². The van der Waals surface area contributed by atoms with Gasteiger partial charge in [-0.2, -0.15) is 13.2 Å². The molecule has 2 aliphatic carbocycles. The highest BCUT2D eigenvalue weighted by Crippen LogP contribution is 2.42. The van der Waals surface area contributed by atoms with Gasteiger partial charge in [0.15, 0.2) is 5.78 Å². The molecule has 8 rings (SSSR count). The summed E-state index contributed by atoms with van der Waals surface area (Å²) in [7, 11) is 5.39. The highest BCUT2D eigenvalue weighted by Gasteiger charge is 2.35. The van der Waals surface area contributed by atoms with Gasteiger partial charge in [-0.1, -0.05) is 17.7 Å². The van der Waals surface area contributed by atoms with Gasteiger partial charge in [0, 0.05) is 51.1 Å². The topological polar surface area (TPSA) is 132 Å². The summed E-state index contributed by atoms with van der Waals surface area (Å²) in [6.07, 6.45) is 1.82. The lowest BCUT2D eigenvalue weighted by molar-refractivity contribution is -0.141. The molecule has 312 valence electrons. The molecule has 5 aromatic rings. The third-order valence-corrected chi connectivity index (χ3v) is 13.8. The second kappa shape index (κ2) is 16.3. The van der Waals surface area contributed by atoms with Crippen LogP contribution in [0.4, 0.5) is 24.5 Å². The van der Waals surface area contributed by atoms with Crippen molar-refractivity contribution in [2.45, 2.75) is 82.0 Å². The molecule has 3 aromatic heterocycles. The third kappa shape index (κ3) is 8.10. The molecule has 1 aliphatic heterocycles. The Bertz CT molecular complexity index is 2500. The van der Waals surface area contributed by atoms with Gasteiger partial charge in [-0.15, -0.1) is 11.3 Å². The molecule has 1 amide bonds. The van der Waals surface area contributed by atoms with Crippen LogP contribution in [0.2, 0.25) is 5.02 Å². The summed E-state index contributed by atoms with van der Waals surface area (Å²) in [6, 6.07) is 10.2. The largest absolute Gasteiger partial charge is 0.494 e. The third-order valence-electron chi connectivity index (χ3n) is 12.3. The number of hydrogen-bond acceptors (Lipinski definition) is 10. The number of thiazole rings is 1. The van der Waals surface area contributed by atoms with Gasteiger partial charge in [0.05, 0.1) is 62.2 Å². The van der Waals surface area contributed by atoms with E-state index in [1.807, 2.05) is 6.07 Å². The number of ether oxygens (including phenoxy) is 1. The van der Waals surface area contributed by atoms with Gasteiger partial charge in [-0.25, -0.2) is 14.8 Å². The minimum atomic E-state index is -4.67. The van der Waals surface area contributed by atoms with Gasteiger partial charge in [0.1, 0.15) is 22.9 Å². The Morgan fingerprint density at radius 3 is 2.44 bits per heavy atom. The number of methoxy groups -OCH3 is 1. The van der Waals surface area contributed by atoms with E-state index < -0.39 is 23.8 Å². The molecule has 0 radical (unpaired) electrons. The average molecular weight is 852 g/mol. The van der Waals surface area contributed by atoms with Crippen molar-refractivity contribution in [3.05, 3.63) is 74.4 Å². The number of aryl methyl sites for hydroxylation is 1. The van der Waals surface area contributed by atoms with Crippen molar-refractivity contribution < 1.29 is 32.3 Å². The first-order valence-corrected chi connectivity index (χ1v) is 21.1. The highest BCUT2D eigenvalue weighted by atomic mass is 35.5. The molecule has 2 aromatic carbocycles. The summed E-state index contributed by atoms with van der Waals surface area (Å²) in [6.45, 7) is 2.62. The molecule has 3 aliphatic rings. The number of alkyl halides is 3. The fraction of sp³-hybridized carbons (Fsp3) is 0.476. The van der Waals surface area contributed by atoms with Gasteiger partial charge < -0.3 is 19.9 Å². The van der Waals surface area contributed by atoms with Crippen LogP contribution in [0.15, 0.2) is 47.3 Å². The number of piperidine rings is 1. The first-order chi connectivity index (χ1) is 28.2. The molecule has 0 bridgehead atoms. The molecule has 1 N–H and O–H groups in total. The summed E-state index contributed by atoms with van der Waals surface area (Å²) >= 11 is 8.28. The number of amides is 1. The van der Waals surface area contributed by atoms with Crippen molar-refractivity contribution in [3.8, 4) is 5.75 Å². The Morgan fingerprint density at radius 1 is 1.00 bits per heavy atom. The Labute approximate surface area is 347 Å².